The Balaban J connectivity index is 1.63. The van der Waals surface area contributed by atoms with Crippen LogP contribution in [0.3, 0.4) is 0 Å². The third kappa shape index (κ3) is 6.00. The number of Topliss-reactive ketones (excluding diaryl/α,β-unsaturated/α-hetero) is 1. The highest BCUT2D eigenvalue weighted by Gasteiger charge is 2.53. The van der Waals surface area contributed by atoms with Crippen LogP contribution in [-0.4, -0.2) is 50.9 Å². The lowest BCUT2D eigenvalue weighted by Crippen LogP contribution is -2.46. The van der Waals surface area contributed by atoms with Gasteiger partial charge in [0.2, 0.25) is 0 Å². The van der Waals surface area contributed by atoms with Crippen molar-refractivity contribution in [1.29, 1.82) is 0 Å². The highest BCUT2D eigenvalue weighted by molar-refractivity contribution is 5.88. The van der Waals surface area contributed by atoms with E-state index in [1.807, 2.05) is 43.3 Å². The largest absolute Gasteiger partial charge is 0.456 e. The van der Waals surface area contributed by atoms with Crippen LogP contribution in [0.5, 0.6) is 0 Å². The van der Waals surface area contributed by atoms with Crippen molar-refractivity contribution < 1.29 is 29.3 Å². The van der Waals surface area contributed by atoms with Crippen molar-refractivity contribution in [3.63, 3.8) is 0 Å². The van der Waals surface area contributed by atoms with E-state index in [0.717, 1.165) is 30.2 Å². The predicted octanol–water partition coefficient (Wildman–Crippen LogP) is 5.09. The van der Waals surface area contributed by atoms with E-state index in [-0.39, 0.29) is 29.8 Å². The van der Waals surface area contributed by atoms with E-state index >= 15 is 0 Å². The van der Waals surface area contributed by atoms with Gasteiger partial charge in [-0.15, -0.1) is 6.58 Å². The smallest absolute Gasteiger partial charge is 0.309 e. The zero-order valence-corrected chi connectivity index (χ0v) is 22.9. The molecule has 0 bridgehead atoms. The maximum Gasteiger partial charge on any atom is 0.309 e. The Labute approximate surface area is 225 Å². The number of ether oxygens (including phenoxy) is 2. The average Bonchev–Trinajstić information content (AvgIpc) is 3.53. The summed E-state index contributed by atoms with van der Waals surface area (Å²) in [5, 5.41) is 23.2. The maximum absolute atomic E-state index is 13.6. The molecular weight excluding hydrogens is 482 g/mol. The van der Waals surface area contributed by atoms with Gasteiger partial charge in [-0.2, -0.15) is 0 Å². The molecule has 38 heavy (non-hydrogen) atoms. The second-order valence-corrected chi connectivity index (χ2v) is 11.9. The third-order valence-corrected chi connectivity index (χ3v) is 8.60. The summed E-state index contributed by atoms with van der Waals surface area (Å²) in [5.41, 5.74) is -0.177. The fourth-order valence-electron chi connectivity index (χ4n) is 5.68. The summed E-state index contributed by atoms with van der Waals surface area (Å²) in [6.07, 6.45) is 1.48. The summed E-state index contributed by atoms with van der Waals surface area (Å²) in [6, 6.07) is 11.6. The quantitative estimate of drug-likeness (QED) is 0.328. The first-order chi connectivity index (χ1) is 18.0. The molecule has 3 heterocycles. The van der Waals surface area contributed by atoms with Gasteiger partial charge in [-0.05, 0) is 44.2 Å². The minimum atomic E-state index is -1.28. The molecule has 206 valence electrons. The van der Waals surface area contributed by atoms with Gasteiger partial charge in [0.15, 0.2) is 0 Å². The van der Waals surface area contributed by atoms with Crippen molar-refractivity contribution in [1.82, 2.24) is 4.98 Å². The number of carbonyl (C=O) groups is 2. The van der Waals surface area contributed by atoms with Gasteiger partial charge in [0.1, 0.15) is 11.9 Å². The SMILES string of the molecule is C=CC[C@H]1C(=O)C(C)(C)[C@@H](O)CC(=O)O[C@H](c2ccc3ccccc3n2)C[C@@H]2O[C@]2(C)CCC[C@H](C)[C@H]1O. The van der Waals surface area contributed by atoms with Crippen LogP contribution in [0.1, 0.15) is 78.0 Å². The molecule has 1 aromatic carbocycles. The van der Waals surface area contributed by atoms with Gasteiger partial charge in [0.05, 0.1) is 47.0 Å². The van der Waals surface area contributed by atoms with Crippen molar-refractivity contribution >= 4 is 22.7 Å². The minimum Gasteiger partial charge on any atom is -0.456 e. The average molecular weight is 524 g/mol. The lowest BCUT2D eigenvalue weighted by Gasteiger charge is -2.35. The van der Waals surface area contributed by atoms with Gasteiger partial charge in [-0.1, -0.05) is 57.5 Å². The number of allylic oxidation sites excluding steroid dienone is 1. The summed E-state index contributed by atoms with van der Waals surface area (Å²) in [4.78, 5) is 31.5. The van der Waals surface area contributed by atoms with Crippen molar-refractivity contribution in [2.24, 2.45) is 17.3 Å². The highest BCUT2D eigenvalue weighted by atomic mass is 16.6. The van der Waals surface area contributed by atoms with Gasteiger partial charge < -0.3 is 19.7 Å². The number of pyridine rings is 1. The van der Waals surface area contributed by atoms with Gasteiger partial charge in [0, 0.05) is 17.7 Å². The number of rotatable bonds is 3. The Hall–Kier alpha value is -2.61. The summed E-state index contributed by atoms with van der Waals surface area (Å²) < 4.78 is 12.0. The van der Waals surface area contributed by atoms with E-state index in [9.17, 15) is 19.8 Å². The molecule has 2 aromatic rings. The number of carbonyl (C=O) groups excluding carboxylic acids is 2. The number of fused-ring (bicyclic) bond motifs is 2. The second kappa shape index (κ2) is 11.2. The Kier molecular flexibility index (Phi) is 8.40. The molecule has 0 saturated carbocycles. The monoisotopic (exact) mass is 523 g/mol. The molecular formula is C31H41NO6. The number of aliphatic hydroxyl groups is 2. The molecule has 2 saturated heterocycles. The van der Waals surface area contributed by atoms with Crippen molar-refractivity contribution in [3.8, 4) is 0 Å². The Morgan fingerprint density at radius 1 is 1.13 bits per heavy atom. The minimum absolute atomic E-state index is 0.0989. The molecule has 2 N–H and O–H groups in total. The molecule has 4 rings (SSSR count). The van der Waals surface area contributed by atoms with Crippen LogP contribution in [0.25, 0.3) is 10.9 Å². The van der Waals surface area contributed by atoms with Crippen LogP contribution < -0.4 is 0 Å². The molecule has 7 nitrogen and oxygen atoms in total. The van der Waals surface area contributed by atoms with Crippen LogP contribution in [0.2, 0.25) is 0 Å². The van der Waals surface area contributed by atoms with Crippen LogP contribution in [-0.2, 0) is 19.1 Å². The molecule has 7 heteroatoms. The van der Waals surface area contributed by atoms with Crippen LogP contribution in [0.4, 0.5) is 0 Å². The lowest BCUT2D eigenvalue weighted by molar-refractivity contribution is -0.156. The highest BCUT2D eigenvalue weighted by Crippen LogP contribution is 2.46. The predicted molar refractivity (Wildman–Crippen MR) is 145 cm³/mol. The second-order valence-electron chi connectivity index (χ2n) is 11.9. The van der Waals surface area contributed by atoms with E-state index in [2.05, 4.69) is 13.5 Å². The fraction of sp³-hybridized carbons (Fsp3) is 0.581. The van der Waals surface area contributed by atoms with Gasteiger partial charge in [-0.3, -0.25) is 9.59 Å². The fourth-order valence-corrected chi connectivity index (χ4v) is 5.68. The summed E-state index contributed by atoms with van der Waals surface area (Å²) in [5.74, 6) is -1.73. The van der Waals surface area contributed by atoms with E-state index < -0.39 is 35.6 Å². The summed E-state index contributed by atoms with van der Waals surface area (Å²) in [6.45, 7) is 11.0. The van der Waals surface area contributed by atoms with Crippen LogP contribution >= 0.6 is 0 Å². The van der Waals surface area contributed by atoms with E-state index in [1.165, 1.54) is 0 Å². The lowest BCUT2D eigenvalue weighted by atomic mass is 9.71. The molecule has 2 aliphatic rings. The van der Waals surface area contributed by atoms with Gasteiger partial charge in [0.25, 0.3) is 0 Å². The number of hydrogen-bond donors (Lipinski definition) is 2. The number of para-hydroxylation sites is 1. The summed E-state index contributed by atoms with van der Waals surface area (Å²) >= 11 is 0. The Bertz CT molecular complexity index is 1180. The molecule has 0 aliphatic carbocycles. The molecule has 7 atom stereocenters. The zero-order valence-electron chi connectivity index (χ0n) is 22.9. The molecule has 2 aliphatic heterocycles. The number of nitrogens with zero attached hydrogens (tertiary/aromatic N) is 1. The molecule has 0 radical (unpaired) electrons. The maximum atomic E-state index is 13.6. The third-order valence-electron chi connectivity index (χ3n) is 8.60. The number of cyclic esters (lactones) is 1. The first kappa shape index (κ1) is 28.4. The molecule has 0 spiro atoms. The van der Waals surface area contributed by atoms with Gasteiger partial charge >= 0.3 is 5.97 Å². The molecule has 1 aromatic heterocycles. The van der Waals surface area contributed by atoms with Crippen molar-refractivity contribution in [2.45, 2.75) is 96.2 Å². The Morgan fingerprint density at radius 3 is 2.61 bits per heavy atom. The number of ketones is 1. The number of benzene rings is 1. The first-order valence-corrected chi connectivity index (χ1v) is 13.7. The van der Waals surface area contributed by atoms with E-state index in [4.69, 9.17) is 14.5 Å². The summed E-state index contributed by atoms with van der Waals surface area (Å²) in [7, 11) is 0. The van der Waals surface area contributed by atoms with Crippen molar-refractivity contribution in [2.75, 3.05) is 0 Å². The van der Waals surface area contributed by atoms with E-state index in [0.29, 0.717) is 18.5 Å². The number of esters is 1. The molecule has 2 fully saturated rings. The first-order valence-electron chi connectivity index (χ1n) is 13.7. The van der Waals surface area contributed by atoms with Gasteiger partial charge in [-0.25, -0.2) is 4.98 Å². The Morgan fingerprint density at radius 2 is 1.87 bits per heavy atom. The van der Waals surface area contributed by atoms with Crippen LogP contribution in [0, 0.1) is 17.3 Å². The number of aromatic nitrogens is 1. The number of epoxide rings is 1. The normalized spacial score (nSPS) is 34.8. The zero-order chi connectivity index (χ0) is 27.7. The molecule has 0 amide bonds. The van der Waals surface area contributed by atoms with Crippen molar-refractivity contribution in [3.05, 3.63) is 54.7 Å². The molecule has 0 unspecified atom stereocenters. The number of aliphatic hydroxyl groups excluding tert-OH is 2. The number of hydrogen-bond acceptors (Lipinski definition) is 7. The van der Waals surface area contributed by atoms with E-state index in [1.54, 1.807) is 19.9 Å². The topological polar surface area (TPSA) is 109 Å². The standard InChI is InChI=1S/C31H41NO6/c1-6-10-21-28(35)19(2)11-9-16-31(5)26(38-31)17-24(23-15-14-20-12-7-8-13-22(20)32-23)37-27(34)18-25(33)30(3,4)29(21)36/h6-8,12-15,19,21,24-26,28,33,35H,1,9-11,16-18H2,2-5H3/t19-,21+,24-,25-,26-,28+,31+/m0/s1. The van der Waals surface area contributed by atoms with Crippen LogP contribution in [0.15, 0.2) is 49.1 Å².